The first-order chi connectivity index (χ1) is 14.1. The first-order valence-electron chi connectivity index (χ1n) is 9.36. The highest BCUT2D eigenvalue weighted by molar-refractivity contribution is 7.17. The third-order valence-electron chi connectivity index (χ3n) is 5.31. The van der Waals surface area contributed by atoms with Gasteiger partial charge in [-0.15, -0.1) is 21.5 Å². The van der Waals surface area contributed by atoms with E-state index in [2.05, 4.69) is 20.1 Å². The van der Waals surface area contributed by atoms with Gasteiger partial charge in [0.05, 0.1) is 12.1 Å². The summed E-state index contributed by atoms with van der Waals surface area (Å²) in [7, 11) is 1.72. The van der Waals surface area contributed by atoms with Crippen LogP contribution in [-0.4, -0.2) is 66.0 Å². The molecule has 0 saturated carbocycles. The molecular weight excluding hydrogens is 390 g/mol. The molecule has 1 aliphatic heterocycles. The topological polar surface area (TPSA) is 88.6 Å². The van der Waals surface area contributed by atoms with Gasteiger partial charge < -0.3 is 4.90 Å². The van der Waals surface area contributed by atoms with Crippen molar-refractivity contribution < 1.29 is 4.79 Å². The molecule has 0 N–H and O–H groups in total. The van der Waals surface area contributed by atoms with E-state index in [1.165, 1.54) is 11.3 Å². The molecule has 0 spiro atoms. The molecule has 1 fully saturated rings. The molecular formula is C19H19N7O2S. The number of thiophene rings is 1. The molecule has 5 rings (SSSR count). The molecule has 29 heavy (non-hydrogen) atoms. The van der Waals surface area contributed by atoms with Crippen LogP contribution < -0.4 is 5.56 Å². The molecule has 4 aromatic rings. The summed E-state index contributed by atoms with van der Waals surface area (Å²) >= 11 is 1.43. The minimum absolute atomic E-state index is 0.0341. The molecule has 5 heterocycles. The molecule has 1 amide bonds. The third kappa shape index (κ3) is 3.00. The molecule has 0 atom stereocenters. The van der Waals surface area contributed by atoms with Crippen LogP contribution in [0.4, 0.5) is 0 Å². The average molecular weight is 409 g/mol. The van der Waals surface area contributed by atoms with E-state index in [9.17, 15) is 9.59 Å². The van der Waals surface area contributed by atoms with Gasteiger partial charge in [0.2, 0.25) is 5.78 Å². The molecule has 0 unspecified atom stereocenters. The summed E-state index contributed by atoms with van der Waals surface area (Å²) in [6, 6.07) is 7.31. The van der Waals surface area contributed by atoms with Crippen LogP contribution in [-0.2, 0) is 13.6 Å². The molecule has 1 aliphatic rings. The Hall–Kier alpha value is -3.11. The number of aromatic nitrogens is 5. The van der Waals surface area contributed by atoms with E-state index in [-0.39, 0.29) is 11.5 Å². The second-order valence-electron chi connectivity index (χ2n) is 7.03. The SMILES string of the molecule is Cn1c(=O)c2sccc2n2c(CN3CCN(C(=O)c4ccccn4)CC3)nnc12. The molecule has 0 radical (unpaired) electrons. The van der Waals surface area contributed by atoms with Crippen LogP contribution in [0.25, 0.3) is 16.0 Å². The summed E-state index contributed by atoms with van der Waals surface area (Å²) < 4.78 is 4.20. The quantitative estimate of drug-likeness (QED) is 0.502. The highest BCUT2D eigenvalue weighted by Crippen LogP contribution is 2.20. The van der Waals surface area contributed by atoms with Gasteiger partial charge in [-0.1, -0.05) is 6.07 Å². The van der Waals surface area contributed by atoms with Crippen LogP contribution in [0.1, 0.15) is 16.3 Å². The van der Waals surface area contributed by atoms with Crippen LogP contribution in [0.2, 0.25) is 0 Å². The van der Waals surface area contributed by atoms with Gasteiger partial charge in [0, 0.05) is 39.4 Å². The maximum atomic E-state index is 12.6. The highest BCUT2D eigenvalue weighted by atomic mass is 32.1. The van der Waals surface area contributed by atoms with Crippen molar-refractivity contribution in [2.75, 3.05) is 26.2 Å². The minimum Gasteiger partial charge on any atom is -0.335 e. The van der Waals surface area contributed by atoms with Crippen LogP contribution in [0, 0.1) is 0 Å². The largest absolute Gasteiger partial charge is 0.335 e. The number of aryl methyl sites for hydroxylation is 1. The van der Waals surface area contributed by atoms with Gasteiger partial charge in [-0.25, -0.2) is 0 Å². The van der Waals surface area contributed by atoms with E-state index in [4.69, 9.17) is 0 Å². The Kier molecular flexibility index (Phi) is 4.36. The first-order valence-corrected chi connectivity index (χ1v) is 10.2. The van der Waals surface area contributed by atoms with Crippen molar-refractivity contribution in [3.63, 3.8) is 0 Å². The molecule has 0 bridgehead atoms. The summed E-state index contributed by atoms with van der Waals surface area (Å²) in [5.74, 6) is 1.30. The lowest BCUT2D eigenvalue weighted by Gasteiger charge is -2.34. The van der Waals surface area contributed by atoms with Crippen molar-refractivity contribution in [3.05, 3.63) is 57.7 Å². The Balaban J connectivity index is 1.35. The van der Waals surface area contributed by atoms with Crippen molar-refractivity contribution in [2.24, 2.45) is 7.05 Å². The second-order valence-corrected chi connectivity index (χ2v) is 7.95. The zero-order valence-electron chi connectivity index (χ0n) is 15.9. The number of piperazine rings is 1. The van der Waals surface area contributed by atoms with Gasteiger partial charge in [0.25, 0.3) is 11.5 Å². The summed E-state index contributed by atoms with van der Waals surface area (Å²) in [5, 5.41) is 10.5. The fourth-order valence-corrected chi connectivity index (χ4v) is 4.57. The molecule has 0 aliphatic carbocycles. The summed E-state index contributed by atoms with van der Waals surface area (Å²) in [6.45, 7) is 3.37. The number of hydrogen-bond donors (Lipinski definition) is 0. The molecule has 10 heteroatoms. The molecule has 148 valence electrons. The predicted molar refractivity (Wildman–Crippen MR) is 109 cm³/mol. The van der Waals surface area contributed by atoms with Crippen LogP contribution in [0.5, 0.6) is 0 Å². The van der Waals surface area contributed by atoms with Gasteiger partial charge in [0.15, 0.2) is 5.82 Å². The second kappa shape index (κ2) is 7.05. The maximum Gasteiger partial charge on any atom is 0.272 e. The Bertz CT molecular complexity index is 1250. The van der Waals surface area contributed by atoms with E-state index in [0.717, 1.165) is 24.4 Å². The number of amides is 1. The zero-order valence-corrected chi connectivity index (χ0v) is 16.7. The van der Waals surface area contributed by atoms with Crippen molar-refractivity contribution in [1.82, 2.24) is 33.9 Å². The number of carbonyl (C=O) groups is 1. The van der Waals surface area contributed by atoms with E-state index in [1.807, 2.05) is 26.8 Å². The van der Waals surface area contributed by atoms with Crippen LogP contribution >= 0.6 is 11.3 Å². The van der Waals surface area contributed by atoms with Gasteiger partial charge in [-0.2, -0.15) is 0 Å². The number of carbonyl (C=O) groups excluding carboxylic acids is 1. The fraction of sp³-hybridized carbons (Fsp3) is 0.316. The Morgan fingerprint density at radius 2 is 1.97 bits per heavy atom. The number of fused-ring (bicyclic) bond motifs is 3. The maximum absolute atomic E-state index is 12.6. The van der Waals surface area contributed by atoms with Crippen molar-refractivity contribution in [1.29, 1.82) is 0 Å². The lowest BCUT2D eigenvalue weighted by Crippen LogP contribution is -2.48. The first kappa shape index (κ1) is 18.0. The molecule has 4 aromatic heterocycles. The lowest BCUT2D eigenvalue weighted by atomic mass is 10.2. The molecule has 9 nitrogen and oxygen atoms in total. The summed E-state index contributed by atoms with van der Waals surface area (Å²) in [6.07, 6.45) is 1.64. The number of hydrogen-bond acceptors (Lipinski definition) is 7. The van der Waals surface area contributed by atoms with Crippen molar-refractivity contribution in [3.8, 4) is 0 Å². The monoisotopic (exact) mass is 409 g/mol. The zero-order chi connectivity index (χ0) is 20.0. The standard InChI is InChI=1S/C19H19N7O2S/c1-23-18(28)16-14(5-11-29-16)26-15(21-22-19(23)26)12-24-7-9-25(10-8-24)17(27)13-4-2-3-6-20-13/h2-6,11H,7-10,12H2,1H3. The Morgan fingerprint density at radius 1 is 1.14 bits per heavy atom. The highest BCUT2D eigenvalue weighted by Gasteiger charge is 2.24. The number of pyridine rings is 1. The van der Waals surface area contributed by atoms with Crippen LogP contribution in [0.3, 0.4) is 0 Å². The molecule has 0 aromatic carbocycles. The summed E-state index contributed by atoms with van der Waals surface area (Å²) in [4.78, 5) is 33.3. The fourth-order valence-electron chi connectivity index (χ4n) is 3.72. The van der Waals surface area contributed by atoms with E-state index < -0.39 is 0 Å². The van der Waals surface area contributed by atoms with Gasteiger partial charge in [-0.3, -0.25) is 28.4 Å². The van der Waals surface area contributed by atoms with E-state index in [0.29, 0.717) is 35.8 Å². The predicted octanol–water partition coefficient (Wildman–Crippen LogP) is 0.996. The number of nitrogens with zero attached hydrogens (tertiary/aromatic N) is 7. The molecule has 1 saturated heterocycles. The van der Waals surface area contributed by atoms with E-state index >= 15 is 0 Å². The summed E-state index contributed by atoms with van der Waals surface area (Å²) in [5.41, 5.74) is 1.27. The van der Waals surface area contributed by atoms with E-state index in [1.54, 1.807) is 29.9 Å². The normalized spacial score (nSPS) is 15.4. The average Bonchev–Trinajstić information content (AvgIpc) is 3.40. The van der Waals surface area contributed by atoms with Gasteiger partial charge in [0.1, 0.15) is 10.4 Å². The minimum atomic E-state index is -0.0527. The van der Waals surface area contributed by atoms with Gasteiger partial charge >= 0.3 is 0 Å². The van der Waals surface area contributed by atoms with Crippen molar-refractivity contribution in [2.45, 2.75) is 6.54 Å². The Morgan fingerprint density at radius 3 is 2.72 bits per heavy atom. The van der Waals surface area contributed by atoms with Crippen LogP contribution in [0.15, 0.2) is 40.6 Å². The number of rotatable bonds is 3. The van der Waals surface area contributed by atoms with Gasteiger partial charge in [-0.05, 0) is 23.6 Å². The smallest absolute Gasteiger partial charge is 0.272 e. The third-order valence-corrected chi connectivity index (χ3v) is 6.20. The lowest BCUT2D eigenvalue weighted by molar-refractivity contribution is 0.0619. The Labute approximate surface area is 169 Å². The van der Waals surface area contributed by atoms with Crippen molar-refractivity contribution >= 4 is 33.2 Å².